The van der Waals surface area contributed by atoms with E-state index in [1.54, 1.807) is 12.5 Å². The van der Waals surface area contributed by atoms with E-state index in [1.165, 1.54) is 0 Å². The van der Waals surface area contributed by atoms with Crippen molar-refractivity contribution in [3.63, 3.8) is 0 Å². The number of fused-ring (bicyclic) bond motifs is 1. The third-order valence-corrected chi connectivity index (χ3v) is 2.31. The first kappa shape index (κ1) is 11.5. The van der Waals surface area contributed by atoms with E-state index in [4.69, 9.17) is 4.42 Å². The Bertz CT molecular complexity index is 584. The van der Waals surface area contributed by atoms with Gasteiger partial charge in [0.15, 0.2) is 0 Å². The number of pyridine rings is 1. The van der Waals surface area contributed by atoms with Crippen LogP contribution in [-0.2, 0) is 32.7 Å². The molecule has 1 aromatic carbocycles. The number of rotatable bonds is 1. The molecule has 0 saturated heterocycles. The second-order valence-electron chi connectivity index (χ2n) is 3.23. The van der Waals surface area contributed by atoms with Crippen molar-refractivity contribution in [3.8, 4) is 11.1 Å². The Kier molecular flexibility index (Phi) is 3.52. The van der Waals surface area contributed by atoms with Gasteiger partial charge in [-0.25, -0.2) is 0 Å². The van der Waals surface area contributed by atoms with Crippen molar-refractivity contribution in [1.29, 1.82) is 0 Å². The number of nitrogens with zero attached hydrogens (tertiary/aromatic N) is 1. The number of aromatic nitrogens is 1. The van der Waals surface area contributed by atoms with Crippen molar-refractivity contribution >= 4 is 10.9 Å². The molecule has 0 amide bonds. The minimum atomic E-state index is 0. The smallest absolute Gasteiger partial charge is 0.0151 e. The van der Waals surface area contributed by atoms with Gasteiger partial charge in [-0.2, -0.15) is 29.3 Å². The molecule has 0 unspecified atom stereocenters. The van der Waals surface area contributed by atoms with Gasteiger partial charge in [0.05, 0.1) is 0 Å². The standard InChI is InChI=1S/C13H7NO.Y/c1-3-10-4-2-7-14-13(10)12(5-1)11-6-8-15-9-11;/h1-4,6-8H;/q-2;. The maximum atomic E-state index is 4.95. The predicted molar refractivity (Wildman–Crippen MR) is 57.1 cm³/mol. The zero-order valence-corrected chi connectivity index (χ0v) is 11.3. The minimum Gasteiger partial charge on any atom is -0.576 e. The van der Waals surface area contributed by atoms with Crippen molar-refractivity contribution in [3.05, 3.63) is 55.1 Å². The summed E-state index contributed by atoms with van der Waals surface area (Å²) in [6.07, 6.45) is 6.18. The van der Waals surface area contributed by atoms with Gasteiger partial charge in [0, 0.05) is 38.9 Å². The summed E-state index contributed by atoms with van der Waals surface area (Å²) in [6, 6.07) is 12.9. The Morgan fingerprint density at radius 1 is 1.19 bits per heavy atom. The number of furan rings is 1. The van der Waals surface area contributed by atoms with E-state index in [2.05, 4.69) is 17.3 Å². The second-order valence-corrected chi connectivity index (χ2v) is 3.23. The molecule has 2 heterocycles. The topological polar surface area (TPSA) is 26.0 Å². The number of benzene rings is 1. The first-order valence-electron chi connectivity index (χ1n) is 4.66. The van der Waals surface area contributed by atoms with Gasteiger partial charge in [-0.15, -0.1) is 6.07 Å². The van der Waals surface area contributed by atoms with Crippen molar-refractivity contribution in [2.24, 2.45) is 0 Å². The van der Waals surface area contributed by atoms with Gasteiger partial charge >= 0.3 is 0 Å². The summed E-state index contributed by atoms with van der Waals surface area (Å²) in [5, 5.41) is 1.10. The van der Waals surface area contributed by atoms with Gasteiger partial charge in [-0.05, 0) is 18.6 Å². The third-order valence-electron chi connectivity index (χ3n) is 2.31. The zero-order chi connectivity index (χ0) is 10.1. The fourth-order valence-electron chi connectivity index (χ4n) is 1.62. The summed E-state index contributed by atoms with van der Waals surface area (Å²) in [7, 11) is 0. The van der Waals surface area contributed by atoms with E-state index in [0.29, 0.717) is 0 Å². The van der Waals surface area contributed by atoms with Crippen LogP contribution in [0.25, 0.3) is 22.0 Å². The Labute approximate surface area is 119 Å². The average Bonchev–Trinajstić information content (AvgIpc) is 2.82. The van der Waals surface area contributed by atoms with Crippen LogP contribution in [0, 0.1) is 12.3 Å². The monoisotopic (exact) mass is 282 g/mol. The fourth-order valence-corrected chi connectivity index (χ4v) is 1.62. The molecule has 75 valence electrons. The molecule has 0 saturated carbocycles. The van der Waals surface area contributed by atoms with Crippen LogP contribution in [0.15, 0.2) is 47.2 Å². The summed E-state index contributed by atoms with van der Waals surface area (Å²) in [5.74, 6) is 0. The van der Waals surface area contributed by atoms with Gasteiger partial charge in [-0.3, -0.25) is 0 Å². The number of hydrogen-bond acceptors (Lipinski definition) is 2. The fraction of sp³-hybridized carbons (Fsp3) is 0. The Balaban J connectivity index is 0.000000963. The molecular formula is C13H7NOY-2. The molecule has 0 bridgehead atoms. The molecule has 0 fully saturated rings. The maximum Gasteiger partial charge on any atom is 0.0151 e. The van der Waals surface area contributed by atoms with Gasteiger partial charge < -0.3 is 9.40 Å². The van der Waals surface area contributed by atoms with Crippen LogP contribution in [0.1, 0.15) is 0 Å². The molecule has 1 radical (unpaired) electrons. The van der Waals surface area contributed by atoms with Crippen molar-refractivity contribution in [2.45, 2.75) is 0 Å². The molecule has 0 aliphatic heterocycles. The molecule has 16 heavy (non-hydrogen) atoms. The summed E-state index contributed by atoms with van der Waals surface area (Å²) in [5.41, 5.74) is 2.75. The summed E-state index contributed by atoms with van der Waals surface area (Å²) >= 11 is 0. The second kappa shape index (κ2) is 4.90. The maximum absolute atomic E-state index is 4.95. The number of hydrogen-bond donors (Lipinski definition) is 0. The SMILES string of the molecule is [Y].[c-]1occc1-c1[c-]ccc2cccnc12. The minimum absolute atomic E-state index is 0. The van der Waals surface area contributed by atoms with Crippen LogP contribution >= 0.6 is 0 Å². The average molecular weight is 282 g/mol. The molecule has 2 nitrogen and oxygen atoms in total. The quantitative estimate of drug-likeness (QED) is 0.641. The molecule has 3 rings (SSSR count). The summed E-state index contributed by atoms with van der Waals surface area (Å²) < 4.78 is 4.95. The van der Waals surface area contributed by atoms with E-state index in [1.807, 2.05) is 30.3 Å². The molecule has 3 aromatic rings. The zero-order valence-electron chi connectivity index (χ0n) is 8.47. The molecule has 0 N–H and O–H groups in total. The van der Waals surface area contributed by atoms with E-state index in [-0.39, 0.29) is 32.7 Å². The van der Waals surface area contributed by atoms with Gasteiger partial charge in [0.1, 0.15) is 0 Å². The predicted octanol–water partition coefficient (Wildman–Crippen LogP) is 3.09. The van der Waals surface area contributed by atoms with E-state index in [9.17, 15) is 0 Å². The van der Waals surface area contributed by atoms with Crippen LogP contribution in [0.2, 0.25) is 0 Å². The van der Waals surface area contributed by atoms with E-state index < -0.39 is 0 Å². The van der Waals surface area contributed by atoms with Crippen LogP contribution in [0.4, 0.5) is 0 Å². The normalized spacial score (nSPS) is 10.0. The molecule has 0 spiro atoms. The Morgan fingerprint density at radius 2 is 2.12 bits per heavy atom. The van der Waals surface area contributed by atoms with Gasteiger partial charge in [0.2, 0.25) is 0 Å². The Morgan fingerprint density at radius 3 is 2.94 bits per heavy atom. The van der Waals surface area contributed by atoms with Crippen LogP contribution in [0.3, 0.4) is 0 Å². The van der Waals surface area contributed by atoms with Gasteiger partial charge in [-0.1, -0.05) is 17.0 Å². The molecule has 0 aliphatic rings. The van der Waals surface area contributed by atoms with Crippen LogP contribution in [0.5, 0.6) is 0 Å². The third kappa shape index (κ3) is 1.95. The first-order chi connectivity index (χ1) is 7.45. The van der Waals surface area contributed by atoms with Crippen LogP contribution in [-0.4, -0.2) is 4.98 Å². The molecule has 2 aromatic heterocycles. The molecular weight excluding hydrogens is 275 g/mol. The largest absolute Gasteiger partial charge is 0.576 e. The summed E-state index contributed by atoms with van der Waals surface area (Å²) in [4.78, 5) is 4.34. The van der Waals surface area contributed by atoms with Crippen molar-refractivity contribution < 1.29 is 37.1 Å². The first-order valence-corrected chi connectivity index (χ1v) is 4.66. The Hall–Kier alpha value is -0.986. The van der Waals surface area contributed by atoms with Crippen LogP contribution < -0.4 is 0 Å². The summed E-state index contributed by atoms with van der Waals surface area (Å²) in [6.45, 7) is 0. The molecule has 0 aliphatic carbocycles. The molecule has 0 atom stereocenters. The van der Waals surface area contributed by atoms with Crippen molar-refractivity contribution in [1.82, 2.24) is 4.98 Å². The van der Waals surface area contributed by atoms with Gasteiger partial charge in [0.25, 0.3) is 0 Å². The van der Waals surface area contributed by atoms with E-state index >= 15 is 0 Å². The van der Waals surface area contributed by atoms with E-state index in [0.717, 1.165) is 22.0 Å². The molecule has 3 heteroatoms. The van der Waals surface area contributed by atoms with Crippen molar-refractivity contribution in [2.75, 3.05) is 0 Å².